The van der Waals surface area contributed by atoms with Crippen LogP contribution < -0.4 is 5.32 Å². The van der Waals surface area contributed by atoms with Gasteiger partial charge in [-0.15, -0.1) is 0 Å². The molecule has 1 N–H and O–H groups in total. The number of aromatic nitrogens is 2. The Morgan fingerprint density at radius 1 is 1.27 bits per heavy atom. The SMILES string of the molecule is CC(CCNC(=O)N(C)Cc1ccc2nonc2c1)N1CCN(C)CC1. The lowest BCUT2D eigenvalue weighted by molar-refractivity contribution is 0.114. The molecule has 1 fully saturated rings. The van der Waals surface area contributed by atoms with Crippen molar-refractivity contribution in [3.63, 3.8) is 0 Å². The van der Waals surface area contributed by atoms with Crippen LogP contribution in [0.5, 0.6) is 0 Å². The number of carbonyl (C=O) groups excluding carboxylic acids is 1. The zero-order valence-corrected chi connectivity index (χ0v) is 15.8. The third-order valence-corrected chi connectivity index (χ3v) is 5.08. The number of hydrogen-bond donors (Lipinski definition) is 1. The molecular formula is C18H28N6O2. The number of hydrogen-bond acceptors (Lipinski definition) is 6. The Balaban J connectivity index is 1.41. The van der Waals surface area contributed by atoms with Gasteiger partial charge in [-0.2, -0.15) is 0 Å². The summed E-state index contributed by atoms with van der Waals surface area (Å²) in [5, 5.41) is 10.6. The monoisotopic (exact) mass is 360 g/mol. The second kappa shape index (κ2) is 8.46. The minimum absolute atomic E-state index is 0.0612. The number of likely N-dealkylation sites (N-methyl/N-ethyl adjacent to an activating group) is 1. The number of rotatable bonds is 6. The van der Waals surface area contributed by atoms with E-state index in [4.69, 9.17) is 4.63 Å². The summed E-state index contributed by atoms with van der Waals surface area (Å²) in [5.41, 5.74) is 2.42. The number of carbonyl (C=O) groups is 1. The van der Waals surface area contributed by atoms with Crippen LogP contribution in [0.3, 0.4) is 0 Å². The molecule has 2 heterocycles. The molecule has 0 bridgehead atoms. The molecule has 1 saturated heterocycles. The molecule has 142 valence electrons. The van der Waals surface area contributed by atoms with Gasteiger partial charge in [-0.1, -0.05) is 6.07 Å². The maximum atomic E-state index is 12.3. The normalized spacial score (nSPS) is 17.3. The molecule has 1 atom stereocenters. The van der Waals surface area contributed by atoms with Gasteiger partial charge in [0.2, 0.25) is 0 Å². The molecule has 1 unspecified atom stereocenters. The van der Waals surface area contributed by atoms with E-state index in [1.165, 1.54) is 0 Å². The topological polar surface area (TPSA) is 77.7 Å². The van der Waals surface area contributed by atoms with Crippen LogP contribution in [0.1, 0.15) is 18.9 Å². The molecule has 0 saturated carbocycles. The highest BCUT2D eigenvalue weighted by Crippen LogP contribution is 2.13. The molecule has 1 aromatic carbocycles. The van der Waals surface area contributed by atoms with Crippen LogP contribution in [-0.4, -0.2) is 83.9 Å². The van der Waals surface area contributed by atoms with E-state index in [2.05, 4.69) is 39.4 Å². The lowest BCUT2D eigenvalue weighted by Gasteiger charge is -2.36. The van der Waals surface area contributed by atoms with Gasteiger partial charge >= 0.3 is 6.03 Å². The molecule has 2 aromatic rings. The molecular weight excluding hydrogens is 332 g/mol. The molecule has 26 heavy (non-hydrogen) atoms. The molecule has 0 radical (unpaired) electrons. The summed E-state index contributed by atoms with van der Waals surface area (Å²) in [7, 11) is 3.96. The van der Waals surface area contributed by atoms with Crippen molar-refractivity contribution < 1.29 is 9.42 Å². The van der Waals surface area contributed by atoms with Crippen LogP contribution in [0.4, 0.5) is 4.79 Å². The first-order chi connectivity index (χ1) is 12.5. The maximum absolute atomic E-state index is 12.3. The van der Waals surface area contributed by atoms with Crippen LogP contribution in [0, 0.1) is 0 Å². The smallest absolute Gasteiger partial charge is 0.317 e. The van der Waals surface area contributed by atoms with E-state index in [0.29, 0.717) is 24.6 Å². The Morgan fingerprint density at radius 3 is 2.77 bits per heavy atom. The van der Waals surface area contributed by atoms with E-state index < -0.39 is 0 Å². The Labute approximate surface area is 154 Å². The summed E-state index contributed by atoms with van der Waals surface area (Å²) >= 11 is 0. The van der Waals surface area contributed by atoms with Crippen molar-refractivity contribution in [1.82, 2.24) is 30.3 Å². The highest BCUT2D eigenvalue weighted by molar-refractivity contribution is 5.75. The fourth-order valence-corrected chi connectivity index (χ4v) is 3.24. The van der Waals surface area contributed by atoms with Crippen LogP contribution in [0.2, 0.25) is 0 Å². The van der Waals surface area contributed by atoms with E-state index in [-0.39, 0.29) is 6.03 Å². The Morgan fingerprint density at radius 2 is 2.00 bits per heavy atom. The summed E-state index contributed by atoms with van der Waals surface area (Å²) in [6.45, 7) is 7.87. The number of nitrogens with zero attached hydrogens (tertiary/aromatic N) is 5. The lowest BCUT2D eigenvalue weighted by Crippen LogP contribution is -2.49. The van der Waals surface area contributed by atoms with Gasteiger partial charge in [-0.05, 0) is 48.4 Å². The van der Waals surface area contributed by atoms with Gasteiger partial charge in [-0.3, -0.25) is 4.90 Å². The average molecular weight is 360 g/mol. The van der Waals surface area contributed by atoms with Gasteiger partial charge in [0.05, 0.1) is 0 Å². The Bertz CT molecular complexity index is 725. The summed E-state index contributed by atoms with van der Waals surface area (Å²) in [4.78, 5) is 18.8. The van der Waals surface area contributed by atoms with Crippen LogP contribution >= 0.6 is 0 Å². The Hall–Kier alpha value is -2.19. The van der Waals surface area contributed by atoms with Crippen LogP contribution in [-0.2, 0) is 6.54 Å². The molecule has 1 aliphatic rings. The van der Waals surface area contributed by atoms with Crippen LogP contribution in [0.15, 0.2) is 22.8 Å². The van der Waals surface area contributed by atoms with Crippen molar-refractivity contribution in [2.45, 2.75) is 25.9 Å². The molecule has 1 aromatic heterocycles. The number of amides is 2. The van der Waals surface area contributed by atoms with Crippen molar-refractivity contribution in [3.8, 4) is 0 Å². The molecule has 2 amide bonds. The maximum Gasteiger partial charge on any atom is 0.317 e. The van der Waals surface area contributed by atoms with Crippen molar-refractivity contribution in [2.24, 2.45) is 0 Å². The molecule has 3 rings (SSSR count). The fourth-order valence-electron chi connectivity index (χ4n) is 3.24. The zero-order valence-electron chi connectivity index (χ0n) is 15.8. The molecule has 1 aliphatic heterocycles. The Kier molecular flexibility index (Phi) is 6.05. The van der Waals surface area contributed by atoms with E-state index in [1.54, 1.807) is 11.9 Å². The number of urea groups is 1. The highest BCUT2D eigenvalue weighted by Gasteiger charge is 2.19. The molecule has 0 spiro atoms. The number of nitrogens with one attached hydrogen (secondary N) is 1. The zero-order chi connectivity index (χ0) is 18.5. The van der Waals surface area contributed by atoms with E-state index in [9.17, 15) is 4.79 Å². The summed E-state index contributed by atoms with van der Waals surface area (Å²) in [5.74, 6) is 0. The van der Waals surface area contributed by atoms with Gasteiger partial charge < -0.3 is 15.1 Å². The predicted octanol–water partition coefficient (Wildman–Crippen LogP) is 1.39. The van der Waals surface area contributed by atoms with Crippen LogP contribution in [0.25, 0.3) is 11.0 Å². The van der Waals surface area contributed by atoms with E-state index in [1.807, 2.05) is 18.2 Å². The summed E-state index contributed by atoms with van der Waals surface area (Å²) in [6.07, 6.45) is 0.958. The molecule has 8 heteroatoms. The summed E-state index contributed by atoms with van der Waals surface area (Å²) < 4.78 is 4.70. The van der Waals surface area contributed by atoms with Gasteiger partial charge in [-0.25, -0.2) is 9.42 Å². The fraction of sp³-hybridized carbons (Fsp3) is 0.611. The second-order valence-corrected chi connectivity index (χ2v) is 7.15. The lowest BCUT2D eigenvalue weighted by atomic mass is 10.1. The number of fused-ring (bicyclic) bond motifs is 1. The predicted molar refractivity (Wildman–Crippen MR) is 99.8 cm³/mol. The minimum atomic E-state index is -0.0612. The quantitative estimate of drug-likeness (QED) is 0.839. The number of piperazine rings is 1. The van der Waals surface area contributed by atoms with Gasteiger partial charge in [0.25, 0.3) is 0 Å². The minimum Gasteiger partial charge on any atom is -0.338 e. The first-order valence-electron chi connectivity index (χ1n) is 9.15. The highest BCUT2D eigenvalue weighted by atomic mass is 16.6. The van der Waals surface area contributed by atoms with Crippen molar-refractivity contribution in [2.75, 3.05) is 46.8 Å². The average Bonchev–Trinajstić information content (AvgIpc) is 3.09. The van der Waals surface area contributed by atoms with Gasteiger partial charge in [0, 0.05) is 52.4 Å². The summed E-state index contributed by atoms with van der Waals surface area (Å²) in [6, 6.07) is 6.10. The number of benzene rings is 1. The van der Waals surface area contributed by atoms with E-state index in [0.717, 1.165) is 43.7 Å². The van der Waals surface area contributed by atoms with Gasteiger partial charge in [0.1, 0.15) is 11.0 Å². The van der Waals surface area contributed by atoms with Crippen molar-refractivity contribution in [3.05, 3.63) is 23.8 Å². The molecule has 0 aliphatic carbocycles. The standard InChI is InChI=1S/C18H28N6O2/c1-14(24-10-8-22(2)9-11-24)6-7-19-18(25)23(3)13-15-4-5-16-17(12-15)21-26-20-16/h4-5,12,14H,6-11,13H2,1-3H3,(H,19,25). The second-order valence-electron chi connectivity index (χ2n) is 7.15. The van der Waals surface area contributed by atoms with Gasteiger partial charge in [0.15, 0.2) is 0 Å². The first kappa shape index (κ1) is 18.6. The molecule has 8 nitrogen and oxygen atoms in total. The van der Waals surface area contributed by atoms with E-state index >= 15 is 0 Å². The largest absolute Gasteiger partial charge is 0.338 e. The third kappa shape index (κ3) is 4.70. The first-order valence-corrected chi connectivity index (χ1v) is 9.15. The van der Waals surface area contributed by atoms with Crippen molar-refractivity contribution in [1.29, 1.82) is 0 Å². The van der Waals surface area contributed by atoms with Crippen molar-refractivity contribution >= 4 is 17.1 Å². The third-order valence-electron chi connectivity index (χ3n) is 5.08.